The number of aliphatic hydroxyl groups is 1. The third-order valence-electron chi connectivity index (χ3n) is 5.82. The Bertz CT molecular complexity index is 593. The first-order chi connectivity index (χ1) is 12.2. The Kier molecular flexibility index (Phi) is 6.67. The van der Waals surface area contributed by atoms with E-state index in [2.05, 4.69) is 13.0 Å². The predicted molar refractivity (Wildman–Crippen MR) is 98.9 cm³/mol. The van der Waals surface area contributed by atoms with Crippen LogP contribution in [0.25, 0.3) is 0 Å². The molecule has 1 fully saturated rings. The van der Waals surface area contributed by atoms with Gasteiger partial charge in [-0.25, -0.2) is 4.79 Å². The molecule has 0 bridgehead atoms. The lowest BCUT2D eigenvalue weighted by atomic mass is 9.57. The molecule has 0 amide bonds. The molecule has 2 rings (SSSR count). The number of allylic oxidation sites excluding steroid dienone is 1. The third-order valence-corrected chi connectivity index (χ3v) is 5.82. The van der Waals surface area contributed by atoms with Gasteiger partial charge in [0.2, 0.25) is 0 Å². The van der Waals surface area contributed by atoms with Gasteiger partial charge in [0.25, 0.3) is 0 Å². The number of carbonyl (C=O) groups excluding carboxylic acids is 2. The molecule has 0 aromatic rings. The van der Waals surface area contributed by atoms with Crippen molar-refractivity contribution in [3.63, 3.8) is 0 Å². The Morgan fingerprint density at radius 2 is 2.12 bits per heavy atom. The fraction of sp³-hybridized carbons (Fsp3) is 0.667. The third kappa shape index (κ3) is 4.37. The molecule has 0 heterocycles. The van der Waals surface area contributed by atoms with E-state index in [1.54, 1.807) is 13.3 Å². The highest BCUT2D eigenvalue weighted by Crippen LogP contribution is 2.50. The molecule has 5 nitrogen and oxygen atoms in total. The second kappa shape index (κ2) is 8.38. The number of fused-ring (bicyclic) bond motifs is 1. The van der Waals surface area contributed by atoms with E-state index >= 15 is 0 Å². The lowest BCUT2D eigenvalue weighted by Crippen LogP contribution is -2.56. The molecule has 26 heavy (non-hydrogen) atoms. The van der Waals surface area contributed by atoms with Gasteiger partial charge in [-0.3, -0.25) is 4.79 Å². The normalized spacial score (nSPS) is 35.4. The average molecular weight is 363 g/mol. The summed E-state index contributed by atoms with van der Waals surface area (Å²) in [5.74, 6) is -0.368. The molecule has 0 aromatic heterocycles. The maximum absolute atomic E-state index is 11.6. The fourth-order valence-corrected chi connectivity index (χ4v) is 4.27. The molecule has 0 aromatic carbocycles. The molecule has 6 atom stereocenters. The summed E-state index contributed by atoms with van der Waals surface area (Å²) in [6.45, 7) is 9.56. The van der Waals surface area contributed by atoms with Crippen molar-refractivity contribution in [3.8, 4) is 0 Å². The maximum Gasteiger partial charge on any atom is 0.330 e. The van der Waals surface area contributed by atoms with Crippen LogP contribution in [0.5, 0.6) is 0 Å². The van der Waals surface area contributed by atoms with Gasteiger partial charge >= 0.3 is 11.9 Å². The zero-order valence-electron chi connectivity index (χ0n) is 16.4. The summed E-state index contributed by atoms with van der Waals surface area (Å²) in [4.78, 5) is 23.0. The van der Waals surface area contributed by atoms with E-state index in [1.165, 1.54) is 13.0 Å². The molecule has 1 N–H and O–H groups in total. The van der Waals surface area contributed by atoms with Crippen molar-refractivity contribution in [3.05, 3.63) is 30.2 Å². The lowest BCUT2D eigenvalue weighted by Gasteiger charge is -2.52. The average Bonchev–Trinajstić information content (AvgIpc) is 2.55. The first kappa shape index (κ1) is 20.7. The molecule has 5 heteroatoms. The maximum atomic E-state index is 11.6. The van der Waals surface area contributed by atoms with Gasteiger partial charge in [-0.2, -0.15) is 0 Å². The second-order valence-corrected chi connectivity index (χ2v) is 7.63. The van der Waals surface area contributed by atoms with Crippen molar-refractivity contribution >= 4 is 11.9 Å². The summed E-state index contributed by atoms with van der Waals surface area (Å²) < 4.78 is 10.3. The standard InChI is InChI=1S/C21H31O5/c1-6-25-20(23)10-7-13(2)17-9-8-15(4)21(24)12-19(26-16(5)22)14(3)11-18(17)21/h7,10-13,15,17-19,24H,6,8-9H2,1-5H3/t13?,15-,17+,18-,19-,21-/m1/s1. The van der Waals surface area contributed by atoms with E-state index in [0.29, 0.717) is 6.61 Å². The van der Waals surface area contributed by atoms with Crippen molar-refractivity contribution in [2.45, 2.75) is 59.2 Å². The number of hydrogen-bond donors (Lipinski definition) is 1. The number of ether oxygens (including phenoxy) is 2. The Morgan fingerprint density at radius 1 is 1.42 bits per heavy atom. The lowest BCUT2D eigenvalue weighted by molar-refractivity contribution is -0.148. The van der Waals surface area contributed by atoms with Crippen LogP contribution >= 0.6 is 0 Å². The van der Waals surface area contributed by atoms with Crippen molar-refractivity contribution in [2.24, 2.45) is 23.7 Å². The summed E-state index contributed by atoms with van der Waals surface area (Å²) in [5.41, 5.74) is -0.0790. The van der Waals surface area contributed by atoms with E-state index in [1.807, 2.05) is 19.9 Å². The van der Waals surface area contributed by atoms with Gasteiger partial charge in [0, 0.05) is 25.3 Å². The molecular weight excluding hydrogens is 332 g/mol. The van der Waals surface area contributed by atoms with Gasteiger partial charge in [0.1, 0.15) is 6.10 Å². The first-order valence-corrected chi connectivity index (χ1v) is 9.47. The number of hydrogen-bond acceptors (Lipinski definition) is 5. The van der Waals surface area contributed by atoms with E-state index in [9.17, 15) is 14.7 Å². The van der Waals surface area contributed by atoms with Gasteiger partial charge in [-0.15, -0.1) is 0 Å². The smallest absolute Gasteiger partial charge is 0.330 e. The predicted octanol–water partition coefficient (Wildman–Crippen LogP) is 3.23. The molecule has 2 aliphatic rings. The Balaban J connectivity index is 2.24. The number of esters is 2. The largest absolute Gasteiger partial charge is 0.463 e. The summed E-state index contributed by atoms with van der Waals surface area (Å²) in [6.07, 6.45) is 8.58. The molecule has 145 valence electrons. The van der Waals surface area contributed by atoms with E-state index in [4.69, 9.17) is 9.47 Å². The highest BCUT2D eigenvalue weighted by molar-refractivity contribution is 5.81. The quantitative estimate of drug-likeness (QED) is 0.461. The van der Waals surface area contributed by atoms with Gasteiger partial charge in [0.05, 0.1) is 12.2 Å². The van der Waals surface area contributed by atoms with Crippen LogP contribution in [0.15, 0.2) is 23.8 Å². The Labute approximate surface area is 156 Å². The van der Waals surface area contributed by atoms with Gasteiger partial charge < -0.3 is 14.6 Å². The summed E-state index contributed by atoms with van der Waals surface area (Å²) in [7, 11) is 0. The Hall–Kier alpha value is -1.62. The van der Waals surface area contributed by atoms with Crippen LogP contribution in [0.3, 0.4) is 0 Å². The molecule has 0 saturated heterocycles. The van der Waals surface area contributed by atoms with Gasteiger partial charge in [-0.05, 0) is 50.0 Å². The topological polar surface area (TPSA) is 72.8 Å². The minimum atomic E-state index is -1.02. The van der Waals surface area contributed by atoms with Crippen molar-refractivity contribution in [1.82, 2.24) is 0 Å². The summed E-state index contributed by atoms with van der Waals surface area (Å²) in [5, 5.41) is 11.4. The van der Waals surface area contributed by atoms with E-state index in [-0.39, 0.29) is 35.6 Å². The monoisotopic (exact) mass is 363 g/mol. The molecule has 2 aliphatic carbocycles. The van der Waals surface area contributed by atoms with Crippen LogP contribution in [0.2, 0.25) is 0 Å². The van der Waals surface area contributed by atoms with Gasteiger partial charge in [-0.1, -0.05) is 26.0 Å². The molecule has 1 radical (unpaired) electrons. The van der Waals surface area contributed by atoms with Crippen LogP contribution in [0, 0.1) is 30.1 Å². The van der Waals surface area contributed by atoms with Crippen LogP contribution < -0.4 is 0 Å². The zero-order valence-corrected chi connectivity index (χ0v) is 16.4. The van der Waals surface area contributed by atoms with Crippen LogP contribution in [0.1, 0.15) is 47.5 Å². The molecule has 0 aliphatic heterocycles. The minimum absolute atomic E-state index is 0.0695. The van der Waals surface area contributed by atoms with Gasteiger partial charge in [0.15, 0.2) is 0 Å². The summed E-state index contributed by atoms with van der Waals surface area (Å²) in [6, 6.07) is 0. The van der Waals surface area contributed by atoms with Crippen molar-refractivity contribution < 1.29 is 24.2 Å². The van der Waals surface area contributed by atoms with Crippen LogP contribution in [0.4, 0.5) is 0 Å². The fourth-order valence-electron chi connectivity index (χ4n) is 4.27. The van der Waals surface area contributed by atoms with Crippen LogP contribution in [-0.2, 0) is 19.1 Å². The number of carbonyl (C=O) groups is 2. The highest BCUT2D eigenvalue weighted by atomic mass is 16.5. The molecule has 0 spiro atoms. The molecule has 1 unspecified atom stereocenters. The summed E-state index contributed by atoms with van der Waals surface area (Å²) >= 11 is 0. The SMILES string of the molecule is CCOC(=O)C=CC(C)[C@@H]1CC[C@@H](C)[C@]2(O)[CH][C@@H](OC(C)=O)C(C)=C[C@H]12. The first-order valence-electron chi connectivity index (χ1n) is 9.47. The van der Waals surface area contributed by atoms with Crippen molar-refractivity contribution in [1.29, 1.82) is 0 Å². The van der Waals surface area contributed by atoms with E-state index in [0.717, 1.165) is 18.4 Å². The zero-order chi connectivity index (χ0) is 19.5. The molecular formula is C21H31O5. The highest BCUT2D eigenvalue weighted by Gasteiger charge is 2.52. The minimum Gasteiger partial charge on any atom is -0.463 e. The Morgan fingerprint density at radius 3 is 2.73 bits per heavy atom. The number of rotatable bonds is 5. The van der Waals surface area contributed by atoms with E-state index < -0.39 is 11.7 Å². The second-order valence-electron chi connectivity index (χ2n) is 7.63. The van der Waals surface area contributed by atoms with Crippen LogP contribution in [-0.4, -0.2) is 35.4 Å². The van der Waals surface area contributed by atoms with Crippen molar-refractivity contribution in [2.75, 3.05) is 6.61 Å². The molecule has 1 saturated carbocycles.